The Hall–Kier alpha value is -2.57. The number of benzene rings is 2. The fourth-order valence-corrected chi connectivity index (χ4v) is 3.82. The van der Waals surface area contributed by atoms with Crippen LogP contribution in [0.5, 0.6) is 11.5 Å². The number of carbonyl (C=O) groups is 1. The normalized spacial score (nSPS) is 15.2. The smallest absolute Gasteiger partial charge is 0.265 e. The van der Waals surface area contributed by atoms with Gasteiger partial charge >= 0.3 is 0 Å². The number of allylic oxidation sites excluding steroid dienone is 1. The van der Waals surface area contributed by atoms with E-state index in [0.717, 1.165) is 29.0 Å². The third-order valence-electron chi connectivity index (χ3n) is 4.11. The van der Waals surface area contributed by atoms with Gasteiger partial charge in [-0.15, -0.1) is 6.58 Å². The molecule has 1 fully saturated rings. The number of hydrogen-bond donors (Lipinski definition) is 0. The van der Waals surface area contributed by atoms with E-state index in [0.29, 0.717) is 22.4 Å². The Kier molecular flexibility index (Phi) is 6.90. The molecule has 0 unspecified atom stereocenters. The van der Waals surface area contributed by atoms with Gasteiger partial charge in [-0.25, -0.2) is 0 Å². The number of ether oxygens (including phenoxy) is 2. The van der Waals surface area contributed by atoms with Crippen LogP contribution in [-0.2, 0) is 11.2 Å². The van der Waals surface area contributed by atoms with E-state index in [1.807, 2.05) is 60.7 Å². The van der Waals surface area contributed by atoms with Gasteiger partial charge in [0.25, 0.3) is 5.91 Å². The van der Waals surface area contributed by atoms with Gasteiger partial charge in [0.2, 0.25) is 0 Å². The Morgan fingerprint density at radius 2 is 1.82 bits per heavy atom. The Balaban J connectivity index is 1.51. The highest BCUT2D eigenvalue weighted by Crippen LogP contribution is 2.31. The van der Waals surface area contributed by atoms with Crippen molar-refractivity contribution in [1.82, 2.24) is 4.90 Å². The molecule has 1 heterocycles. The van der Waals surface area contributed by atoms with E-state index in [1.54, 1.807) is 7.05 Å². The number of thioether (sulfide) groups is 1. The minimum absolute atomic E-state index is 0.0655. The highest BCUT2D eigenvalue weighted by Gasteiger charge is 2.28. The lowest BCUT2D eigenvalue weighted by molar-refractivity contribution is -0.121. The Morgan fingerprint density at radius 3 is 2.50 bits per heavy atom. The lowest BCUT2D eigenvalue weighted by atomic mass is 10.1. The van der Waals surface area contributed by atoms with Gasteiger partial charge in [-0.2, -0.15) is 0 Å². The lowest BCUT2D eigenvalue weighted by Crippen LogP contribution is -2.22. The molecule has 1 aliphatic rings. The first kappa shape index (κ1) is 20.2. The zero-order valence-corrected chi connectivity index (χ0v) is 17.2. The molecule has 2 aromatic carbocycles. The molecule has 144 valence electrons. The summed E-state index contributed by atoms with van der Waals surface area (Å²) in [5, 5.41) is 0. The monoisotopic (exact) mass is 411 g/mol. The van der Waals surface area contributed by atoms with Crippen LogP contribution >= 0.6 is 24.0 Å². The number of carbonyl (C=O) groups excluding carboxylic acids is 1. The molecule has 1 amide bonds. The topological polar surface area (TPSA) is 38.8 Å². The molecule has 2 aromatic rings. The van der Waals surface area contributed by atoms with Gasteiger partial charge in [-0.05, 0) is 41.8 Å². The molecule has 0 radical (unpaired) electrons. The van der Waals surface area contributed by atoms with Gasteiger partial charge in [-0.3, -0.25) is 9.69 Å². The van der Waals surface area contributed by atoms with E-state index in [2.05, 4.69) is 6.58 Å². The van der Waals surface area contributed by atoms with E-state index >= 15 is 0 Å². The average molecular weight is 412 g/mol. The molecule has 0 bridgehead atoms. The first-order valence-corrected chi connectivity index (χ1v) is 10.1. The van der Waals surface area contributed by atoms with Crippen molar-refractivity contribution in [3.8, 4) is 11.5 Å². The fourth-order valence-electron chi connectivity index (χ4n) is 2.64. The summed E-state index contributed by atoms with van der Waals surface area (Å²) < 4.78 is 12.1. The summed E-state index contributed by atoms with van der Waals surface area (Å²) >= 11 is 6.46. The molecule has 0 spiro atoms. The van der Waals surface area contributed by atoms with Crippen LogP contribution in [0.1, 0.15) is 11.1 Å². The average Bonchev–Trinajstić information content (AvgIpc) is 2.94. The van der Waals surface area contributed by atoms with Crippen LogP contribution in [0.25, 0.3) is 6.08 Å². The number of para-hydroxylation sites is 1. The SMILES string of the molecule is C=CCc1ccccc1OCCOc1ccc(/C=C2/SC(=S)N(C)C2=O)cc1. The molecule has 4 nitrogen and oxygen atoms in total. The second kappa shape index (κ2) is 9.57. The molecule has 1 saturated heterocycles. The first-order chi connectivity index (χ1) is 13.6. The number of hydrogen-bond acceptors (Lipinski definition) is 5. The van der Waals surface area contributed by atoms with E-state index in [9.17, 15) is 4.79 Å². The molecule has 6 heteroatoms. The van der Waals surface area contributed by atoms with E-state index in [4.69, 9.17) is 21.7 Å². The van der Waals surface area contributed by atoms with Crippen molar-refractivity contribution in [3.63, 3.8) is 0 Å². The van der Waals surface area contributed by atoms with Crippen LogP contribution in [0.2, 0.25) is 0 Å². The van der Waals surface area contributed by atoms with Crippen LogP contribution < -0.4 is 9.47 Å². The van der Waals surface area contributed by atoms with E-state index < -0.39 is 0 Å². The van der Waals surface area contributed by atoms with Gasteiger partial charge in [-0.1, -0.05) is 60.4 Å². The van der Waals surface area contributed by atoms with Crippen LogP contribution in [0.15, 0.2) is 66.1 Å². The van der Waals surface area contributed by atoms with Crippen molar-refractivity contribution in [2.45, 2.75) is 6.42 Å². The van der Waals surface area contributed by atoms with Crippen molar-refractivity contribution in [2.75, 3.05) is 20.3 Å². The molecule has 1 aliphatic heterocycles. The number of likely N-dealkylation sites (N-methyl/N-ethyl adjacent to an activating group) is 1. The van der Waals surface area contributed by atoms with Gasteiger partial charge in [0.1, 0.15) is 29.0 Å². The molecule has 0 saturated carbocycles. The lowest BCUT2D eigenvalue weighted by Gasteiger charge is -2.11. The van der Waals surface area contributed by atoms with Crippen molar-refractivity contribution < 1.29 is 14.3 Å². The van der Waals surface area contributed by atoms with E-state index in [1.165, 1.54) is 16.7 Å². The summed E-state index contributed by atoms with van der Waals surface area (Å²) in [5.41, 5.74) is 2.04. The quantitative estimate of drug-likeness (QED) is 0.272. The number of thiocarbonyl (C=S) groups is 1. The third-order valence-corrected chi connectivity index (χ3v) is 5.60. The van der Waals surface area contributed by atoms with E-state index in [-0.39, 0.29) is 5.91 Å². The maximum atomic E-state index is 12.0. The molecule has 28 heavy (non-hydrogen) atoms. The summed E-state index contributed by atoms with van der Waals surface area (Å²) in [6.07, 6.45) is 4.47. The molecule has 0 aliphatic carbocycles. The first-order valence-electron chi connectivity index (χ1n) is 8.84. The van der Waals surface area contributed by atoms with Crippen LogP contribution in [0.3, 0.4) is 0 Å². The summed E-state index contributed by atoms with van der Waals surface area (Å²) in [6.45, 7) is 4.66. The zero-order chi connectivity index (χ0) is 19.9. The third kappa shape index (κ3) is 5.03. The number of nitrogens with zero attached hydrogens (tertiary/aromatic N) is 1. The minimum Gasteiger partial charge on any atom is -0.490 e. The van der Waals surface area contributed by atoms with Crippen molar-refractivity contribution in [2.24, 2.45) is 0 Å². The molecule has 3 rings (SSSR count). The van der Waals surface area contributed by atoms with Crippen molar-refractivity contribution >= 4 is 40.3 Å². The minimum atomic E-state index is -0.0655. The Labute approximate surface area is 174 Å². The Bertz CT molecular complexity index is 906. The maximum Gasteiger partial charge on any atom is 0.265 e. The van der Waals surface area contributed by atoms with Crippen LogP contribution in [0, 0.1) is 0 Å². The van der Waals surface area contributed by atoms with Crippen molar-refractivity contribution in [1.29, 1.82) is 0 Å². The highest BCUT2D eigenvalue weighted by molar-refractivity contribution is 8.26. The molecule has 0 N–H and O–H groups in total. The van der Waals surface area contributed by atoms with Gasteiger partial charge in [0.05, 0.1) is 4.91 Å². The van der Waals surface area contributed by atoms with Gasteiger partial charge in [0, 0.05) is 7.05 Å². The number of amides is 1. The number of rotatable bonds is 8. The summed E-state index contributed by atoms with van der Waals surface area (Å²) in [7, 11) is 1.69. The molecular formula is C22H21NO3S2. The van der Waals surface area contributed by atoms with Crippen LogP contribution in [-0.4, -0.2) is 35.4 Å². The second-order valence-corrected chi connectivity index (χ2v) is 7.78. The van der Waals surface area contributed by atoms with Gasteiger partial charge in [0.15, 0.2) is 0 Å². The molecule has 0 aromatic heterocycles. The van der Waals surface area contributed by atoms with Gasteiger partial charge < -0.3 is 9.47 Å². The molecular weight excluding hydrogens is 390 g/mol. The predicted octanol–water partition coefficient (Wildman–Crippen LogP) is 4.70. The maximum absolute atomic E-state index is 12.0. The standard InChI is InChI=1S/C22H21NO3S2/c1-3-6-17-7-4-5-8-19(17)26-14-13-25-18-11-9-16(10-12-18)15-20-21(24)23(2)22(27)28-20/h3-5,7-12,15H,1,6,13-14H2,2H3/b20-15+. The fraction of sp³-hybridized carbons (Fsp3) is 0.182. The predicted molar refractivity (Wildman–Crippen MR) is 119 cm³/mol. The van der Waals surface area contributed by atoms with Crippen molar-refractivity contribution in [3.05, 3.63) is 77.2 Å². The van der Waals surface area contributed by atoms with Crippen LogP contribution in [0.4, 0.5) is 0 Å². The zero-order valence-electron chi connectivity index (χ0n) is 15.6. The highest BCUT2D eigenvalue weighted by atomic mass is 32.2. The second-order valence-electron chi connectivity index (χ2n) is 6.11. The largest absolute Gasteiger partial charge is 0.490 e. The summed E-state index contributed by atoms with van der Waals surface area (Å²) in [4.78, 5) is 14.2. The Morgan fingerprint density at radius 1 is 1.11 bits per heavy atom. The molecule has 0 atom stereocenters. The summed E-state index contributed by atoms with van der Waals surface area (Å²) in [5.74, 6) is 1.54. The summed E-state index contributed by atoms with van der Waals surface area (Å²) in [6, 6.07) is 15.5.